The van der Waals surface area contributed by atoms with Crippen LogP contribution in [0.3, 0.4) is 0 Å². The van der Waals surface area contributed by atoms with Crippen LogP contribution in [0, 0.1) is 3.70 Å². The highest BCUT2D eigenvalue weighted by Crippen LogP contribution is 2.23. The highest BCUT2D eigenvalue weighted by Gasteiger charge is 2.18. The number of pyridine rings is 1. The van der Waals surface area contributed by atoms with Crippen LogP contribution < -0.4 is 5.73 Å². The zero-order valence-electron chi connectivity index (χ0n) is 7.01. The molecule has 76 valence electrons. The molecule has 1 heterocycles. The molecule has 0 fully saturated rings. The first-order chi connectivity index (χ1) is 6.60. The molecule has 0 atom stereocenters. The number of nitrogens with zero attached hydrogens (tertiary/aromatic N) is 1. The Morgan fingerprint density at radius 3 is 2.71 bits per heavy atom. The summed E-state index contributed by atoms with van der Waals surface area (Å²) >= 11 is 1.80. The summed E-state index contributed by atoms with van der Waals surface area (Å²) in [6, 6.07) is 1.52. The average molecular weight is 312 g/mol. The fourth-order valence-electron chi connectivity index (χ4n) is 1.06. The van der Waals surface area contributed by atoms with Gasteiger partial charge in [0.1, 0.15) is 9.39 Å². The molecule has 0 spiro atoms. The van der Waals surface area contributed by atoms with Crippen molar-refractivity contribution < 1.29 is 13.6 Å². The lowest BCUT2D eigenvalue weighted by atomic mass is 10.1. The van der Waals surface area contributed by atoms with Gasteiger partial charge in [0.05, 0.1) is 0 Å². The molecule has 2 N–H and O–H groups in total. The molecule has 0 unspecified atom stereocenters. The van der Waals surface area contributed by atoms with Gasteiger partial charge in [-0.3, -0.25) is 4.79 Å². The molecule has 14 heavy (non-hydrogen) atoms. The van der Waals surface area contributed by atoms with Crippen LogP contribution in [0.25, 0.3) is 0 Å². The largest absolute Gasteiger partial charge is 0.326 e. The van der Waals surface area contributed by atoms with Crippen LogP contribution in [0.15, 0.2) is 6.07 Å². The van der Waals surface area contributed by atoms with Crippen LogP contribution in [0.4, 0.5) is 8.78 Å². The normalized spacial score (nSPS) is 10.6. The Hall–Kier alpha value is -0.630. The molecular weight excluding hydrogens is 305 g/mol. The van der Waals surface area contributed by atoms with Crippen LogP contribution in [0.2, 0.25) is 0 Å². The van der Waals surface area contributed by atoms with Gasteiger partial charge >= 0.3 is 0 Å². The molecule has 0 aliphatic heterocycles. The van der Waals surface area contributed by atoms with Crippen LogP contribution >= 0.6 is 22.6 Å². The highest BCUT2D eigenvalue weighted by atomic mass is 127. The third-order valence-corrected chi connectivity index (χ3v) is 2.24. The monoisotopic (exact) mass is 312 g/mol. The predicted octanol–water partition coefficient (Wildman–Crippen LogP) is 1.90. The van der Waals surface area contributed by atoms with Gasteiger partial charge in [0.25, 0.3) is 6.43 Å². The van der Waals surface area contributed by atoms with Crippen molar-refractivity contribution in [2.24, 2.45) is 5.73 Å². The van der Waals surface area contributed by atoms with Crippen molar-refractivity contribution in [3.05, 3.63) is 26.6 Å². The summed E-state index contributed by atoms with van der Waals surface area (Å²) in [4.78, 5) is 14.2. The fourth-order valence-corrected chi connectivity index (χ4v) is 1.70. The van der Waals surface area contributed by atoms with Crippen molar-refractivity contribution in [3.63, 3.8) is 0 Å². The highest BCUT2D eigenvalue weighted by molar-refractivity contribution is 14.1. The van der Waals surface area contributed by atoms with Crippen molar-refractivity contribution >= 4 is 28.9 Å². The fraction of sp³-hybridized carbons (Fsp3) is 0.250. The van der Waals surface area contributed by atoms with E-state index in [1.54, 1.807) is 22.6 Å². The van der Waals surface area contributed by atoms with Crippen LogP contribution in [-0.4, -0.2) is 11.3 Å². The average Bonchev–Trinajstić information content (AvgIpc) is 2.16. The first-order valence-electron chi connectivity index (χ1n) is 3.72. The molecule has 1 rings (SSSR count). The molecular formula is C8H7F2IN2O. The quantitative estimate of drug-likeness (QED) is 0.527. The minimum Gasteiger partial charge on any atom is -0.326 e. The Morgan fingerprint density at radius 2 is 2.29 bits per heavy atom. The molecule has 0 amide bonds. The first-order valence-corrected chi connectivity index (χ1v) is 4.80. The molecule has 0 bridgehead atoms. The van der Waals surface area contributed by atoms with Gasteiger partial charge in [-0.1, -0.05) is 0 Å². The molecule has 6 heteroatoms. The number of carbonyl (C=O) groups excluding carboxylic acids is 1. The van der Waals surface area contributed by atoms with Gasteiger partial charge < -0.3 is 5.73 Å². The number of carbonyl (C=O) groups is 1. The summed E-state index contributed by atoms with van der Waals surface area (Å²) in [7, 11) is 0. The minimum absolute atomic E-state index is 0.0479. The molecule has 1 aromatic rings. The number of aldehydes is 1. The Labute approximate surface area is 92.8 Å². The number of halogens is 3. The first kappa shape index (κ1) is 11.4. The molecule has 0 saturated heterocycles. The summed E-state index contributed by atoms with van der Waals surface area (Å²) in [6.07, 6.45) is -2.39. The maximum Gasteiger partial charge on any atom is 0.281 e. The van der Waals surface area contributed by atoms with E-state index >= 15 is 0 Å². The summed E-state index contributed by atoms with van der Waals surface area (Å²) in [6.45, 7) is 0.0479. The van der Waals surface area contributed by atoms with E-state index in [0.717, 1.165) is 0 Å². The second-order valence-corrected chi connectivity index (χ2v) is 3.63. The number of hydrogen-bond donors (Lipinski definition) is 1. The van der Waals surface area contributed by atoms with Crippen molar-refractivity contribution in [3.8, 4) is 0 Å². The predicted molar refractivity (Wildman–Crippen MR) is 55.2 cm³/mol. The van der Waals surface area contributed by atoms with E-state index in [2.05, 4.69) is 4.98 Å². The SMILES string of the molecule is NCc1cc(I)nc(C(F)F)c1C=O. The maximum absolute atomic E-state index is 12.4. The Bertz CT molecular complexity index is 357. The third-order valence-electron chi connectivity index (χ3n) is 1.69. The molecule has 0 radical (unpaired) electrons. The van der Waals surface area contributed by atoms with Gasteiger partial charge in [0.2, 0.25) is 0 Å². The van der Waals surface area contributed by atoms with E-state index in [9.17, 15) is 13.6 Å². The van der Waals surface area contributed by atoms with E-state index in [-0.39, 0.29) is 12.1 Å². The Kier molecular flexibility index (Phi) is 3.87. The number of nitrogens with two attached hydrogens (primary N) is 1. The molecule has 0 aromatic carbocycles. The zero-order chi connectivity index (χ0) is 10.7. The summed E-state index contributed by atoms with van der Waals surface area (Å²) in [5.74, 6) is 0. The van der Waals surface area contributed by atoms with Gasteiger partial charge in [-0.25, -0.2) is 13.8 Å². The second-order valence-electron chi connectivity index (χ2n) is 2.53. The Morgan fingerprint density at radius 1 is 1.64 bits per heavy atom. The smallest absolute Gasteiger partial charge is 0.281 e. The summed E-state index contributed by atoms with van der Waals surface area (Å²) in [5.41, 5.74) is 5.14. The molecule has 0 saturated carbocycles. The van der Waals surface area contributed by atoms with Crippen molar-refractivity contribution in [2.45, 2.75) is 13.0 Å². The zero-order valence-corrected chi connectivity index (χ0v) is 9.16. The van der Waals surface area contributed by atoms with E-state index in [1.807, 2.05) is 0 Å². The Balaban J connectivity index is 3.39. The van der Waals surface area contributed by atoms with Crippen molar-refractivity contribution in [1.29, 1.82) is 0 Å². The molecule has 1 aromatic heterocycles. The number of aromatic nitrogens is 1. The molecule has 0 aliphatic rings. The summed E-state index contributed by atoms with van der Waals surface area (Å²) < 4.78 is 25.3. The van der Waals surface area contributed by atoms with Crippen LogP contribution in [0.1, 0.15) is 28.0 Å². The summed E-state index contributed by atoms with van der Waals surface area (Å²) in [5, 5.41) is 0. The van der Waals surface area contributed by atoms with Gasteiger partial charge in [-0.05, 0) is 34.2 Å². The van der Waals surface area contributed by atoms with Crippen molar-refractivity contribution in [2.75, 3.05) is 0 Å². The van der Waals surface area contributed by atoms with Crippen LogP contribution in [0.5, 0.6) is 0 Å². The van der Waals surface area contributed by atoms with Gasteiger partial charge in [-0.15, -0.1) is 0 Å². The maximum atomic E-state index is 12.4. The lowest BCUT2D eigenvalue weighted by Crippen LogP contribution is -2.08. The lowest BCUT2D eigenvalue weighted by molar-refractivity contribution is 0.110. The number of rotatable bonds is 3. The standard InChI is InChI=1S/C8H7F2IN2O/c9-8(10)7-5(3-14)4(2-12)1-6(11)13-7/h1,3,8H,2,12H2. The van der Waals surface area contributed by atoms with E-state index in [0.29, 0.717) is 15.6 Å². The lowest BCUT2D eigenvalue weighted by Gasteiger charge is -2.07. The van der Waals surface area contributed by atoms with Crippen LogP contribution in [-0.2, 0) is 6.54 Å². The number of hydrogen-bond acceptors (Lipinski definition) is 3. The van der Waals surface area contributed by atoms with Gasteiger partial charge in [0.15, 0.2) is 6.29 Å². The van der Waals surface area contributed by atoms with E-state index in [4.69, 9.17) is 5.73 Å². The van der Waals surface area contributed by atoms with Gasteiger partial charge in [0, 0.05) is 12.1 Å². The minimum atomic E-state index is -2.75. The number of alkyl halides is 2. The van der Waals surface area contributed by atoms with E-state index in [1.165, 1.54) is 6.07 Å². The third kappa shape index (κ3) is 2.24. The molecule has 3 nitrogen and oxygen atoms in total. The van der Waals surface area contributed by atoms with Crippen molar-refractivity contribution in [1.82, 2.24) is 4.98 Å². The van der Waals surface area contributed by atoms with Gasteiger partial charge in [-0.2, -0.15) is 0 Å². The second kappa shape index (κ2) is 4.74. The topological polar surface area (TPSA) is 56.0 Å². The van der Waals surface area contributed by atoms with E-state index < -0.39 is 12.1 Å². The molecule has 0 aliphatic carbocycles.